The molecule has 34 heavy (non-hydrogen) atoms. The van der Waals surface area contributed by atoms with Gasteiger partial charge in [-0.3, -0.25) is 0 Å². The van der Waals surface area contributed by atoms with Gasteiger partial charge in [0.25, 0.3) is 5.95 Å². The second-order valence-electron chi connectivity index (χ2n) is 8.05. The Hall–Kier alpha value is -3.75. The molecule has 0 aliphatic rings. The Morgan fingerprint density at radius 1 is 1.09 bits per heavy atom. The van der Waals surface area contributed by atoms with Gasteiger partial charge in [0.1, 0.15) is 11.6 Å². The first kappa shape index (κ1) is 22.1. The number of benzene rings is 2. The lowest BCUT2D eigenvalue weighted by molar-refractivity contribution is 0.299. The maximum absolute atomic E-state index is 9.23. The molecule has 172 valence electrons. The molecule has 0 bridgehead atoms. The maximum atomic E-state index is 9.23. The number of hydrogen-bond donors (Lipinski definition) is 2. The lowest BCUT2D eigenvalue weighted by Crippen LogP contribution is -2.08. The van der Waals surface area contributed by atoms with E-state index in [2.05, 4.69) is 15.6 Å². The quantitative estimate of drug-likeness (QED) is 0.346. The van der Waals surface area contributed by atoms with Gasteiger partial charge in [-0.2, -0.15) is 10.1 Å². The number of hydrogen-bond acceptors (Lipinski definition) is 7. The molecule has 0 aliphatic heterocycles. The molecule has 0 aliphatic carbocycles. The second-order valence-corrected chi connectivity index (χ2v) is 8.49. The van der Waals surface area contributed by atoms with E-state index in [-0.39, 0.29) is 6.61 Å². The van der Waals surface area contributed by atoms with Gasteiger partial charge in [-0.25, -0.2) is 9.67 Å². The molecule has 2 aromatic carbocycles. The Morgan fingerprint density at radius 3 is 2.74 bits per heavy atom. The molecular formula is C25H23ClN6O2. The summed E-state index contributed by atoms with van der Waals surface area (Å²) in [5.74, 6) is 1.87. The van der Waals surface area contributed by atoms with E-state index in [1.54, 1.807) is 10.9 Å². The summed E-state index contributed by atoms with van der Waals surface area (Å²) >= 11 is 6.16. The molecular weight excluding hydrogens is 452 g/mol. The molecule has 0 radical (unpaired) electrons. The van der Waals surface area contributed by atoms with E-state index in [9.17, 15) is 5.11 Å². The number of anilines is 1. The zero-order chi connectivity index (χ0) is 23.7. The predicted octanol–water partition coefficient (Wildman–Crippen LogP) is 4.89. The standard InChI is InChI=1S/C25H23ClN6O2/c1-15-23(16(2)34-31-15)19-6-7-22-21(11-19)24(27-12-17-4-3-5-20(26)10-17)30-25(29-22)32-14-18(8-9-33)13-28-32/h3-7,10-11,13-14,33H,8-9,12H2,1-2H3,(H,27,29,30). The fraction of sp³-hybridized carbons (Fsp3) is 0.200. The van der Waals surface area contributed by atoms with Gasteiger partial charge in [-0.05, 0) is 61.2 Å². The van der Waals surface area contributed by atoms with Crippen LogP contribution in [0.5, 0.6) is 0 Å². The Morgan fingerprint density at radius 2 is 1.97 bits per heavy atom. The highest BCUT2D eigenvalue weighted by atomic mass is 35.5. The third-order valence-corrected chi connectivity index (χ3v) is 5.83. The van der Waals surface area contributed by atoms with Gasteiger partial charge in [-0.1, -0.05) is 35.0 Å². The van der Waals surface area contributed by atoms with Crippen LogP contribution in [0.3, 0.4) is 0 Å². The fourth-order valence-electron chi connectivity index (χ4n) is 3.96. The van der Waals surface area contributed by atoms with Crippen molar-refractivity contribution in [3.05, 3.63) is 82.5 Å². The topological polar surface area (TPSA) is 102 Å². The van der Waals surface area contributed by atoms with Gasteiger partial charge in [-0.15, -0.1) is 0 Å². The van der Waals surface area contributed by atoms with Crippen molar-refractivity contribution >= 4 is 28.3 Å². The first-order valence-corrected chi connectivity index (χ1v) is 11.3. The van der Waals surface area contributed by atoms with Crippen LogP contribution in [0.4, 0.5) is 5.82 Å². The maximum Gasteiger partial charge on any atom is 0.253 e. The van der Waals surface area contributed by atoms with E-state index in [1.807, 2.05) is 62.5 Å². The van der Waals surface area contributed by atoms with Crippen LogP contribution in [0, 0.1) is 13.8 Å². The molecule has 3 heterocycles. The molecule has 0 unspecified atom stereocenters. The van der Waals surface area contributed by atoms with Crippen molar-refractivity contribution < 1.29 is 9.63 Å². The van der Waals surface area contributed by atoms with Gasteiger partial charge in [0.2, 0.25) is 0 Å². The van der Waals surface area contributed by atoms with E-state index in [1.165, 1.54) is 0 Å². The third kappa shape index (κ3) is 4.37. The lowest BCUT2D eigenvalue weighted by Gasteiger charge is -2.12. The fourth-order valence-corrected chi connectivity index (χ4v) is 4.18. The number of rotatable bonds is 7. The van der Waals surface area contributed by atoms with Crippen molar-refractivity contribution in [2.45, 2.75) is 26.8 Å². The Bertz CT molecular complexity index is 1460. The molecule has 0 amide bonds. The van der Waals surface area contributed by atoms with Gasteiger partial charge in [0.05, 0.1) is 17.4 Å². The normalized spacial score (nSPS) is 11.3. The van der Waals surface area contributed by atoms with Crippen molar-refractivity contribution in [3.63, 3.8) is 0 Å². The molecule has 8 nitrogen and oxygen atoms in total. The largest absolute Gasteiger partial charge is 0.396 e. The summed E-state index contributed by atoms with van der Waals surface area (Å²) in [6.07, 6.45) is 4.06. The minimum absolute atomic E-state index is 0.0567. The third-order valence-electron chi connectivity index (χ3n) is 5.60. The first-order valence-electron chi connectivity index (χ1n) is 10.9. The van der Waals surface area contributed by atoms with E-state index >= 15 is 0 Å². The Labute approximate surface area is 201 Å². The molecule has 0 saturated heterocycles. The zero-order valence-electron chi connectivity index (χ0n) is 18.8. The number of aryl methyl sites for hydroxylation is 2. The zero-order valence-corrected chi connectivity index (χ0v) is 19.5. The van der Waals surface area contributed by atoms with Gasteiger partial charge >= 0.3 is 0 Å². The predicted molar refractivity (Wildman–Crippen MR) is 131 cm³/mol. The van der Waals surface area contributed by atoms with Gasteiger partial charge < -0.3 is 14.9 Å². The summed E-state index contributed by atoms with van der Waals surface area (Å²) in [6.45, 7) is 4.42. The number of nitrogens with one attached hydrogen (secondary N) is 1. The monoisotopic (exact) mass is 474 g/mol. The Balaban J connectivity index is 1.60. The van der Waals surface area contributed by atoms with E-state index in [0.29, 0.717) is 29.8 Å². The number of aliphatic hydroxyl groups excluding tert-OH is 1. The van der Waals surface area contributed by atoms with Crippen LogP contribution in [0.2, 0.25) is 5.02 Å². The van der Waals surface area contributed by atoms with Crippen LogP contribution < -0.4 is 5.32 Å². The average Bonchev–Trinajstić information content (AvgIpc) is 3.43. The highest BCUT2D eigenvalue weighted by Gasteiger charge is 2.16. The summed E-state index contributed by atoms with van der Waals surface area (Å²) in [5, 5.41) is 22.7. The second kappa shape index (κ2) is 9.24. The molecule has 0 saturated carbocycles. The summed E-state index contributed by atoms with van der Waals surface area (Å²) in [5.41, 5.74) is 5.49. The molecule has 5 aromatic rings. The van der Waals surface area contributed by atoms with Crippen LogP contribution in [0.25, 0.3) is 28.0 Å². The van der Waals surface area contributed by atoms with E-state index in [0.717, 1.165) is 44.6 Å². The van der Waals surface area contributed by atoms with E-state index in [4.69, 9.17) is 26.1 Å². The molecule has 5 rings (SSSR count). The molecule has 0 fully saturated rings. The van der Waals surface area contributed by atoms with Crippen LogP contribution in [-0.2, 0) is 13.0 Å². The minimum Gasteiger partial charge on any atom is -0.396 e. The minimum atomic E-state index is 0.0567. The van der Waals surface area contributed by atoms with Gasteiger partial charge in [0.15, 0.2) is 0 Å². The van der Waals surface area contributed by atoms with Gasteiger partial charge in [0, 0.05) is 35.3 Å². The number of aromatic nitrogens is 5. The van der Waals surface area contributed by atoms with Crippen molar-refractivity contribution in [3.8, 4) is 17.1 Å². The lowest BCUT2D eigenvalue weighted by atomic mass is 10.0. The number of halogens is 1. The molecule has 0 spiro atoms. The summed E-state index contributed by atoms with van der Waals surface area (Å²) in [6, 6.07) is 13.7. The first-order chi connectivity index (χ1) is 16.5. The summed E-state index contributed by atoms with van der Waals surface area (Å²) in [4.78, 5) is 9.54. The van der Waals surface area contributed by atoms with Crippen molar-refractivity contribution in [1.29, 1.82) is 0 Å². The SMILES string of the molecule is Cc1noc(C)c1-c1ccc2nc(-n3cc(CCO)cn3)nc(NCc3cccc(Cl)c3)c2c1. The highest BCUT2D eigenvalue weighted by Crippen LogP contribution is 2.32. The molecule has 3 aromatic heterocycles. The van der Waals surface area contributed by atoms with Crippen molar-refractivity contribution in [2.75, 3.05) is 11.9 Å². The van der Waals surface area contributed by atoms with Crippen molar-refractivity contribution in [1.82, 2.24) is 24.9 Å². The van der Waals surface area contributed by atoms with Crippen LogP contribution in [0.15, 0.2) is 59.4 Å². The smallest absolute Gasteiger partial charge is 0.253 e. The average molecular weight is 475 g/mol. The highest BCUT2D eigenvalue weighted by molar-refractivity contribution is 6.30. The summed E-state index contributed by atoms with van der Waals surface area (Å²) in [7, 11) is 0. The van der Waals surface area contributed by atoms with Crippen LogP contribution >= 0.6 is 11.6 Å². The number of fused-ring (bicyclic) bond motifs is 1. The van der Waals surface area contributed by atoms with Crippen LogP contribution in [0.1, 0.15) is 22.6 Å². The molecule has 9 heteroatoms. The van der Waals surface area contributed by atoms with Crippen molar-refractivity contribution in [2.24, 2.45) is 0 Å². The Kier molecular flexibility index (Phi) is 6.00. The molecule has 0 atom stereocenters. The number of aliphatic hydroxyl groups is 1. The summed E-state index contributed by atoms with van der Waals surface area (Å²) < 4.78 is 6.99. The van der Waals surface area contributed by atoms with E-state index < -0.39 is 0 Å². The van der Waals surface area contributed by atoms with Crippen LogP contribution in [-0.4, -0.2) is 36.6 Å². The molecule has 2 N–H and O–H groups in total. The number of nitrogens with zero attached hydrogens (tertiary/aromatic N) is 5.